The monoisotopic (exact) mass is 268 g/mol. The average Bonchev–Trinajstić information content (AvgIpc) is 2.62. The average molecular weight is 269 g/mol. The van der Waals surface area contributed by atoms with Crippen molar-refractivity contribution in [2.24, 2.45) is 0 Å². The summed E-state index contributed by atoms with van der Waals surface area (Å²) < 4.78 is 4.99. The highest BCUT2D eigenvalue weighted by Gasteiger charge is 2.22. The molecule has 0 radical (unpaired) electrons. The molecule has 2 rings (SSSR count). The minimum absolute atomic E-state index is 0.315. The first-order valence-corrected chi connectivity index (χ1v) is 6.02. The Kier molecular flexibility index (Phi) is 3.13. The number of carbonyl (C=O) groups excluding carboxylic acids is 2. The van der Waals surface area contributed by atoms with Crippen LogP contribution in [-0.2, 0) is 9.59 Å². The molecule has 17 heavy (non-hydrogen) atoms. The molecule has 1 aromatic carbocycles. The first-order chi connectivity index (χ1) is 8.02. The number of hydrogen-bond donors (Lipinski definition) is 0. The molecule has 88 valence electrons. The maximum absolute atomic E-state index is 11.5. The zero-order valence-corrected chi connectivity index (χ0v) is 10.8. The van der Waals surface area contributed by atoms with Crippen LogP contribution in [0.2, 0.25) is 5.02 Å². The summed E-state index contributed by atoms with van der Waals surface area (Å²) in [7, 11) is 0. The number of halogens is 1. The van der Waals surface area contributed by atoms with Crippen molar-refractivity contribution in [3.8, 4) is 0 Å². The fourth-order valence-corrected chi connectivity index (χ4v) is 2.71. The van der Waals surface area contributed by atoms with Crippen LogP contribution >= 0.6 is 23.1 Å². The predicted octanol–water partition coefficient (Wildman–Crippen LogP) is 2.85. The highest BCUT2D eigenvalue weighted by Crippen LogP contribution is 2.35. The van der Waals surface area contributed by atoms with Gasteiger partial charge in [-0.2, -0.15) is 4.37 Å². The molecule has 0 saturated heterocycles. The van der Waals surface area contributed by atoms with E-state index in [2.05, 4.69) is 4.37 Å². The van der Waals surface area contributed by atoms with Crippen LogP contribution in [0.5, 0.6) is 0 Å². The van der Waals surface area contributed by atoms with Crippen LogP contribution in [-0.4, -0.2) is 16.2 Å². The number of amides is 2. The standard InChI is InChI=1S/C11H9ClN2O2S/c1-6(15)14(7(2)16)11-10-8(12)4-3-5-9(10)17-13-11/h3-5H,1-2H3. The lowest BCUT2D eigenvalue weighted by atomic mass is 10.2. The fraction of sp³-hybridized carbons (Fsp3) is 0.182. The summed E-state index contributed by atoms with van der Waals surface area (Å²) in [5.74, 6) is -0.426. The van der Waals surface area contributed by atoms with Gasteiger partial charge in [0.05, 0.1) is 15.1 Å². The molecule has 0 aliphatic rings. The number of anilines is 1. The number of imide groups is 1. The summed E-state index contributed by atoms with van der Waals surface area (Å²) in [5.41, 5.74) is 0. The van der Waals surface area contributed by atoms with E-state index in [4.69, 9.17) is 11.6 Å². The van der Waals surface area contributed by atoms with Gasteiger partial charge in [-0.05, 0) is 23.7 Å². The number of rotatable bonds is 1. The van der Waals surface area contributed by atoms with Gasteiger partial charge >= 0.3 is 0 Å². The fourth-order valence-electron chi connectivity index (χ4n) is 1.61. The van der Waals surface area contributed by atoms with Gasteiger partial charge in [0.1, 0.15) is 0 Å². The first-order valence-electron chi connectivity index (χ1n) is 4.87. The number of nitrogens with zero attached hydrogens (tertiary/aromatic N) is 2. The van der Waals surface area contributed by atoms with E-state index in [9.17, 15) is 9.59 Å². The molecule has 0 aliphatic heterocycles. The maximum atomic E-state index is 11.5. The molecule has 0 N–H and O–H groups in total. The lowest BCUT2D eigenvalue weighted by molar-refractivity contribution is -0.124. The van der Waals surface area contributed by atoms with Gasteiger partial charge in [-0.15, -0.1) is 0 Å². The highest BCUT2D eigenvalue weighted by atomic mass is 35.5. The van der Waals surface area contributed by atoms with E-state index in [1.54, 1.807) is 12.1 Å². The van der Waals surface area contributed by atoms with Crippen LogP contribution in [0.25, 0.3) is 10.1 Å². The minimum Gasteiger partial charge on any atom is -0.274 e. The van der Waals surface area contributed by atoms with Crippen molar-refractivity contribution in [3.05, 3.63) is 23.2 Å². The largest absolute Gasteiger partial charge is 0.274 e. The van der Waals surface area contributed by atoms with Gasteiger partial charge in [-0.25, -0.2) is 4.90 Å². The number of carbonyl (C=O) groups is 2. The summed E-state index contributed by atoms with van der Waals surface area (Å²) in [4.78, 5) is 24.0. The molecule has 0 aliphatic carbocycles. The Labute approximate surface area is 107 Å². The van der Waals surface area contributed by atoms with Gasteiger partial charge in [-0.1, -0.05) is 17.7 Å². The molecule has 0 fully saturated rings. The Hall–Kier alpha value is -1.46. The second-order valence-electron chi connectivity index (χ2n) is 3.49. The topological polar surface area (TPSA) is 50.3 Å². The summed E-state index contributed by atoms with van der Waals surface area (Å²) >= 11 is 7.29. The van der Waals surface area contributed by atoms with Crippen molar-refractivity contribution >= 4 is 50.9 Å². The third kappa shape index (κ3) is 2.03. The highest BCUT2D eigenvalue weighted by molar-refractivity contribution is 7.14. The van der Waals surface area contributed by atoms with Crippen LogP contribution in [0.4, 0.5) is 5.82 Å². The van der Waals surface area contributed by atoms with Crippen molar-refractivity contribution in [2.75, 3.05) is 4.90 Å². The van der Waals surface area contributed by atoms with Crippen LogP contribution in [0, 0.1) is 0 Å². The van der Waals surface area contributed by atoms with E-state index in [1.165, 1.54) is 25.4 Å². The Morgan fingerprint density at radius 2 is 1.94 bits per heavy atom. The summed E-state index contributed by atoms with van der Waals surface area (Å²) in [6, 6.07) is 5.36. The molecule has 0 spiro atoms. The van der Waals surface area contributed by atoms with Crippen LogP contribution < -0.4 is 4.90 Å². The van der Waals surface area contributed by atoms with Crippen LogP contribution in [0.15, 0.2) is 18.2 Å². The third-order valence-electron chi connectivity index (χ3n) is 2.27. The molecular weight excluding hydrogens is 260 g/mol. The minimum atomic E-state index is -0.371. The Bertz CT molecular complexity index is 595. The molecule has 0 saturated carbocycles. The zero-order valence-electron chi connectivity index (χ0n) is 9.23. The number of benzene rings is 1. The lowest BCUT2D eigenvalue weighted by Gasteiger charge is -2.14. The van der Waals surface area contributed by atoms with Gasteiger partial charge in [0.25, 0.3) is 0 Å². The van der Waals surface area contributed by atoms with E-state index in [0.29, 0.717) is 16.2 Å². The van der Waals surface area contributed by atoms with E-state index >= 15 is 0 Å². The molecule has 4 nitrogen and oxygen atoms in total. The number of hydrogen-bond acceptors (Lipinski definition) is 4. The molecule has 2 amide bonds. The quantitative estimate of drug-likeness (QED) is 0.799. The molecule has 1 aromatic heterocycles. The molecule has 2 aromatic rings. The van der Waals surface area contributed by atoms with Crippen molar-refractivity contribution in [1.82, 2.24) is 4.37 Å². The maximum Gasteiger partial charge on any atom is 0.231 e. The van der Waals surface area contributed by atoms with Gasteiger partial charge in [-0.3, -0.25) is 9.59 Å². The molecule has 0 bridgehead atoms. The van der Waals surface area contributed by atoms with E-state index < -0.39 is 0 Å². The smallest absolute Gasteiger partial charge is 0.231 e. The summed E-state index contributed by atoms with van der Waals surface area (Å²) in [6.45, 7) is 2.65. The van der Waals surface area contributed by atoms with E-state index in [1.807, 2.05) is 6.07 Å². The van der Waals surface area contributed by atoms with Gasteiger partial charge in [0, 0.05) is 13.8 Å². The van der Waals surface area contributed by atoms with Crippen molar-refractivity contribution < 1.29 is 9.59 Å². The number of aromatic nitrogens is 1. The zero-order chi connectivity index (χ0) is 12.6. The molecule has 0 atom stereocenters. The third-order valence-corrected chi connectivity index (χ3v) is 3.39. The van der Waals surface area contributed by atoms with Gasteiger partial charge in [0.15, 0.2) is 5.82 Å². The SMILES string of the molecule is CC(=O)N(C(C)=O)c1nsc2cccc(Cl)c12. The van der Waals surface area contributed by atoms with E-state index in [0.717, 1.165) is 9.60 Å². The predicted molar refractivity (Wildman–Crippen MR) is 68.5 cm³/mol. The lowest BCUT2D eigenvalue weighted by Crippen LogP contribution is -2.33. The molecule has 6 heteroatoms. The Morgan fingerprint density at radius 3 is 2.53 bits per heavy atom. The normalized spacial score (nSPS) is 10.5. The summed E-state index contributed by atoms with van der Waals surface area (Å²) in [6.07, 6.45) is 0. The number of fused-ring (bicyclic) bond motifs is 1. The van der Waals surface area contributed by atoms with Gasteiger partial charge in [0.2, 0.25) is 11.8 Å². The van der Waals surface area contributed by atoms with Gasteiger partial charge < -0.3 is 0 Å². The van der Waals surface area contributed by atoms with Crippen molar-refractivity contribution in [3.63, 3.8) is 0 Å². The van der Waals surface area contributed by atoms with E-state index in [-0.39, 0.29) is 11.8 Å². The second-order valence-corrected chi connectivity index (χ2v) is 4.70. The summed E-state index contributed by atoms with van der Waals surface area (Å²) in [5, 5.41) is 1.13. The van der Waals surface area contributed by atoms with Crippen LogP contribution in [0.3, 0.4) is 0 Å². The van der Waals surface area contributed by atoms with Crippen molar-refractivity contribution in [1.29, 1.82) is 0 Å². The first kappa shape index (κ1) is 12.0. The molecular formula is C11H9ClN2O2S. The second kappa shape index (κ2) is 4.43. The Balaban J connectivity index is 2.70. The Morgan fingerprint density at radius 1 is 1.29 bits per heavy atom. The molecule has 1 heterocycles. The van der Waals surface area contributed by atoms with Crippen molar-refractivity contribution in [2.45, 2.75) is 13.8 Å². The molecule has 0 unspecified atom stereocenters. The van der Waals surface area contributed by atoms with Crippen LogP contribution in [0.1, 0.15) is 13.8 Å².